The molecule has 0 aliphatic carbocycles. The number of aromatic nitrogens is 1. The van der Waals surface area contributed by atoms with Gasteiger partial charge in [0.15, 0.2) is 0 Å². The Kier molecular flexibility index (Phi) is 4.50. The third-order valence-corrected chi connectivity index (χ3v) is 3.97. The van der Waals surface area contributed by atoms with Crippen molar-refractivity contribution in [3.8, 4) is 0 Å². The fraction of sp³-hybridized carbons (Fsp3) is 0.353. The molecule has 1 atom stereocenters. The summed E-state index contributed by atoms with van der Waals surface area (Å²) >= 11 is 0. The van der Waals surface area contributed by atoms with Gasteiger partial charge in [-0.3, -0.25) is 4.98 Å². The van der Waals surface area contributed by atoms with Crippen LogP contribution in [0.1, 0.15) is 25.0 Å². The van der Waals surface area contributed by atoms with Gasteiger partial charge in [0.1, 0.15) is 5.82 Å². The maximum absolute atomic E-state index is 13.1. The number of pyridine rings is 1. The molecular weight excluding hydrogens is 251 g/mol. The Bertz CT molecular complexity index is 535. The number of rotatable bonds is 5. The molecule has 1 unspecified atom stereocenters. The minimum atomic E-state index is -0.196. The van der Waals surface area contributed by atoms with E-state index in [1.165, 1.54) is 17.7 Å². The summed E-state index contributed by atoms with van der Waals surface area (Å²) in [6, 6.07) is 11.1. The van der Waals surface area contributed by atoms with Gasteiger partial charge in [0, 0.05) is 23.9 Å². The molecule has 0 amide bonds. The van der Waals surface area contributed by atoms with Gasteiger partial charge in [-0.15, -0.1) is 0 Å². The van der Waals surface area contributed by atoms with E-state index in [0.29, 0.717) is 0 Å². The van der Waals surface area contributed by atoms with Gasteiger partial charge in [0.2, 0.25) is 0 Å². The van der Waals surface area contributed by atoms with Gasteiger partial charge in [0.25, 0.3) is 0 Å². The third kappa shape index (κ3) is 3.23. The normalized spacial score (nSPS) is 13.2. The van der Waals surface area contributed by atoms with Crippen molar-refractivity contribution < 1.29 is 4.39 Å². The molecule has 1 aromatic heterocycles. The maximum Gasteiger partial charge on any atom is 0.123 e. The van der Waals surface area contributed by atoms with Crippen molar-refractivity contribution in [2.24, 2.45) is 0 Å². The van der Waals surface area contributed by atoms with Crippen LogP contribution in [0.2, 0.25) is 0 Å². The molecule has 20 heavy (non-hydrogen) atoms. The number of hydrogen-bond donors (Lipinski definition) is 1. The highest BCUT2D eigenvalue weighted by Crippen LogP contribution is 2.29. The van der Waals surface area contributed by atoms with Crippen molar-refractivity contribution in [2.75, 3.05) is 7.05 Å². The van der Waals surface area contributed by atoms with E-state index in [9.17, 15) is 4.39 Å². The predicted molar refractivity (Wildman–Crippen MR) is 80.2 cm³/mol. The van der Waals surface area contributed by atoms with Crippen LogP contribution in [0.3, 0.4) is 0 Å². The summed E-state index contributed by atoms with van der Waals surface area (Å²) in [4.78, 5) is 4.16. The fourth-order valence-corrected chi connectivity index (χ4v) is 2.55. The van der Waals surface area contributed by atoms with Crippen LogP contribution >= 0.6 is 0 Å². The zero-order valence-electron chi connectivity index (χ0n) is 12.2. The monoisotopic (exact) mass is 272 g/mol. The molecule has 0 spiro atoms. The lowest BCUT2D eigenvalue weighted by atomic mass is 9.75. The molecule has 0 aliphatic rings. The van der Waals surface area contributed by atoms with Gasteiger partial charge in [-0.2, -0.15) is 0 Å². The first-order chi connectivity index (χ1) is 9.54. The van der Waals surface area contributed by atoms with Crippen molar-refractivity contribution in [3.63, 3.8) is 0 Å². The van der Waals surface area contributed by atoms with Crippen LogP contribution < -0.4 is 5.32 Å². The molecule has 2 rings (SSSR count). The second kappa shape index (κ2) is 6.14. The number of halogens is 1. The summed E-state index contributed by atoms with van der Waals surface area (Å²) < 4.78 is 13.1. The third-order valence-electron chi connectivity index (χ3n) is 3.97. The molecule has 1 N–H and O–H groups in total. The van der Waals surface area contributed by atoms with E-state index < -0.39 is 0 Å². The summed E-state index contributed by atoms with van der Waals surface area (Å²) in [5.41, 5.74) is 2.22. The van der Waals surface area contributed by atoms with Gasteiger partial charge < -0.3 is 5.32 Å². The van der Waals surface area contributed by atoms with E-state index >= 15 is 0 Å². The maximum atomic E-state index is 13.1. The Hall–Kier alpha value is -1.74. The highest BCUT2D eigenvalue weighted by molar-refractivity contribution is 5.27. The Morgan fingerprint density at radius 2 is 1.90 bits per heavy atom. The van der Waals surface area contributed by atoms with Crippen molar-refractivity contribution in [1.82, 2.24) is 10.3 Å². The lowest BCUT2D eigenvalue weighted by Gasteiger charge is -2.35. The van der Waals surface area contributed by atoms with Gasteiger partial charge in [-0.1, -0.05) is 32.0 Å². The van der Waals surface area contributed by atoms with E-state index in [1.54, 1.807) is 6.20 Å². The highest BCUT2D eigenvalue weighted by atomic mass is 19.1. The first-order valence-electron chi connectivity index (χ1n) is 6.86. The van der Waals surface area contributed by atoms with Gasteiger partial charge in [-0.05, 0) is 42.8 Å². The van der Waals surface area contributed by atoms with E-state index in [2.05, 4.69) is 30.2 Å². The number of hydrogen-bond acceptors (Lipinski definition) is 2. The molecule has 0 saturated carbocycles. The standard InChI is InChI=1S/C17H21FN2/c1-17(2,14-6-8-15(18)9-7-14)16(19-3)11-13-5-4-10-20-12-13/h4-10,12,16,19H,11H2,1-3H3. The SMILES string of the molecule is CNC(Cc1cccnc1)C(C)(C)c1ccc(F)cc1. The summed E-state index contributed by atoms with van der Waals surface area (Å²) in [6.45, 7) is 4.36. The van der Waals surface area contributed by atoms with Crippen molar-refractivity contribution in [3.05, 3.63) is 65.7 Å². The Morgan fingerprint density at radius 1 is 1.20 bits per heavy atom. The molecule has 0 bridgehead atoms. The molecule has 1 aromatic carbocycles. The first kappa shape index (κ1) is 14.7. The van der Waals surface area contributed by atoms with Gasteiger partial charge in [0.05, 0.1) is 0 Å². The van der Waals surface area contributed by atoms with Crippen LogP contribution in [0, 0.1) is 5.82 Å². The zero-order chi connectivity index (χ0) is 14.6. The first-order valence-corrected chi connectivity index (χ1v) is 6.86. The van der Waals surface area contributed by atoms with E-state index in [4.69, 9.17) is 0 Å². The topological polar surface area (TPSA) is 24.9 Å². The van der Waals surface area contributed by atoms with E-state index in [0.717, 1.165) is 12.0 Å². The van der Waals surface area contributed by atoms with Crippen molar-refractivity contribution in [2.45, 2.75) is 31.7 Å². The summed E-state index contributed by atoms with van der Waals surface area (Å²) in [6.07, 6.45) is 4.56. The molecular formula is C17H21FN2. The fourth-order valence-electron chi connectivity index (χ4n) is 2.55. The molecule has 0 fully saturated rings. The Balaban J connectivity index is 2.23. The second-order valence-electron chi connectivity index (χ2n) is 5.64. The molecule has 0 saturated heterocycles. The van der Waals surface area contributed by atoms with Crippen LogP contribution in [0.25, 0.3) is 0 Å². The highest BCUT2D eigenvalue weighted by Gasteiger charge is 2.30. The largest absolute Gasteiger partial charge is 0.316 e. The zero-order valence-corrected chi connectivity index (χ0v) is 12.2. The number of nitrogens with zero attached hydrogens (tertiary/aromatic N) is 1. The van der Waals surface area contributed by atoms with Crippen LogP contribution in [-0.2, 0) is 11.8 Å². The van der Waals surface area contributed by atoms with Gasteiger partial charge >= 0.3 is 0 Å². The number of benzene rings is 1. The lowest BCUT2D eigenvalue weighted by molar-refractivity contribution is 0.356. The molecule has 0 aliphatic heterocycles. The molecule has 0 radical (unpaired) electrons. The average molecular weight is 272 g/mol. The second-order valence-corrected chi connectivity index (χ2v) is 5.64. The van der Waals surface area contributed by atoms with Crippen LogP contribution in [0.5, 0.6) is 0 Å². The van der Waals surface area contributed by atoms with E-state index in [-0.39, 0.29) is 17.3 Å². The van der Waals surface area contributed by atoms with E-state index in [1.807, 2.05) is 31.4 Å². The van der Waals surface area contributed by atoms with Crippen LogP contribution in [0.15, 0.2) is 48.8 Å². The molecule has 2 nitrogen and oxygen atoms in total. The number of likely N-dealkylation sites (N-methyl/N-ethyl adjacent to an activating group) is 1. The number of nitrogens with one attached hydrogen (secondary N) is 1. The quantitative estimate of drug-likeness (QED) is 0.903. The smallest absolute Gasteiger partial charge is 0.123 e. The van der Waals surface area contributed by atoms with Crippen molar-refractivity contribution in [1.29, 1.82) is 0 Å². The summed E-state index contributed by atoms with van der Waals surface area (Å²) in [5.74, 6) is -0.196. The molecule has 2 aromatic rings. The lowest BCUT2D eigenvalue weighted by Crippen LogP contribution is -2.44. The van der Waals surface area contributed by atoms with Gasteiger partial charge in [-0.25, -0.2) is 4.39 Å². The predicted octanol–water partition coefficient (Wildman–Crippen LogP) is 3.33. The Labute approximate surface area is 120 Å². The summed E-state index contributed by atoms with van der Waals surface area (Å²) in [7, 11) is 1.96. The molecule has 1 heterocycles. The molecule has 3 heteroatoms. The Morgan fingerprint density at radius 3 is 2.45 bits per heavy atom. The van der Waals surface area contributed by atoms with Crippen LogP contribution in [-0.4, -0.2) is 18.1 Å². The van der Waals surface area contributed by atoms with Crippen LogP contribution in [0.4, 0.5) is 4.39 Å². The van der Waals surface area contributed by atoms with Crippen molar-refractivity contribution >= 4 is 0 Å². The minimum absolute atomic E-state index is 0.0989. The minimum Gasteiger partial charge on any atom is -0.316 e. The average Bonchev–Trinajstić information content (AvgIpc) is 2.46. The summed E-state index contributed by atoms with van der Waals surface area (Å²) in [5, 5.41) is 3.38. The molecule has 106 valence electrons.